The van der Waals surface area contributed by atoms with Crippen molar-refractivity contribution in [2.24, 2.45) is 5.92 Å². The van der Waals surface area contributed by atoms with Gasteiger partial charge in [-0.15, -0.1) is 0 Å². The molecule has 188 valence electrons. The molecule has 2 aromatic rings. The molecule has 11 heteroatoms. The van der Waals surface area contributed by atoms with Crippen LogP contribution < -0.4 is 10.1 Å². The predicted octanol–water partition coefficient (Wildman–Crippen LogP) is 4.40. The number of hydrogen-bond donors (Lipinski definition) is 1. The second-order valence-corrected chi connectivity index (χ2v) is 9.33. The number of ether oxygens (including phenoxy) is 1. The van der Waals surface area contributed by atoms with Crippen molar-refractivity contribution in [2.45, 2.75) is 31.6 Å². The van der Waals surface area contributed by atoms with E-state index in [9.17, 15) is 28.1 Å². The Bertz CT molecular complexity index is 1110. The first-order chi connectivity index (χ1) is 16.5. The third-order valence-electron chi connectivity index (χ3n) is 6.32. The monoisotopic (exact) mass is 492 g/mol. The van der Waals surface area contributed by atoms with E-state index in [1.807, 2.05) is 23.9 Å². The van der Waals surface area contributed by atoms with Crippen LogP contribution in [-0.2, 0) is 12.7 Å². The number of nitro groups is 1. The summed E-state index contributed by atoms with van der Waals surface area (Å²) in [7, 11) is 3.87. The lowest BCUT2D eigenvalue weighted by Crippen LogP contribution is -2.56. The second-order valence-electron chi connectivity index (χ2n) is 9.33. The Balaban J connectivity index is 1.48. The molecule has 1 aliphatic carbocycles. The van der Waals surface area contributed by atoms with Gasteiger partial charge in [-0.05, 0) is 62.7 Å². The molecule has 8 nitrogen and oxygen atoms in total. The summed E-state index contributed by atoms with van der Waals surface area (Å²) in [4.78, 5) is 27.5. The van der Waals surface area contributed by atoms with Gasteiger partial charge in [0.15, 0.2) is 5.75 Å². The fourth-order valence-electron chi connectivity index (χ4n) is 3.91. The number of likely N-dealkylation sites (N-methyl/N-ethyl adjacent to an activating group) is 1. The first kappa shape index (κ1) is 24.9. The third-order valence-corrected chi connectivity index (χ3v) is 6.32. The number of halogens is 3. The molecule has 1 heterocycles. The van der Waals surface area contributed by atoms with Crippen LogP contribution in [0.1, 0.15) is 34.3 Å². The van der Waals surface area contributed by atoms with Crippen LogP contribution in [0.15, 0.2) is 36.4 Å². The van der Waals surface area contributed by atoms with E-state index in [1.165, 1.54) is 24.3 Å². The minimum atomic E-state index is -4.60. The number of nitrogens with zero attached hydrogens (tertiary/aromatic N) is 3. The van der Waals surface area contributed by atoms with Gasteiger partial charge in [0.25, 0.3) is 5.91 Å². The average Bonchev–Trinajstić information content (AvgIpc) is 3.58. The van der Waals surface area contributed by atoms with E-state index in [0.29, 0.717) is 31.7 Å². The largest absolute Gasteiger partial charge is 0.487 e. The van der Waals surface area contributed by atoms with Gasteiger partial charge < -0.3 is 15.0 Å². The quantitative estimate of drug-likeness (QED) is 0.412. The predicted molar refractivity (Wildman–Crippen MR) is 123 cm³/mol. The molecule has 2 fully saturated rings. The Kier molecular flexibility index (Phi) is 7.00. The van der Waals surface area contributed by atoms with Gasteiger partial charge in [-0.2, -0.15) is 13.2 Å². The number of hydrogen-bond acceptors (Lipinski definition) is 6. The molecule has 0 atom stereocenters. The maximum atomic E-state index is 13.8. The summed E-state index contributed by atoms with van der Waals surface area (Å²) in [6.07, 6.45) is -2.57. The lowest BCUT2D eigenvalue weighted by atomic mass is 10.0. The number of anilines is 1. The van der Waals surface area contributed by atoms with Crippen LogP contribution in [-0.4, -0.2) is 60.5 Å². The van der Waals surface area contributed by atoms with Crippen LogP contribution in [0.4, 0.5) is 24.5 Å². The van der Waals surface area contributed by atoms with E-state index >= 15 is 0 Å². The lowest BCUT2D eigenvalue weighted by molar-refractivity contribution is -0.385. The van der Waals surface area contributed by atoms with Crippen molar-refractivity contribution in [2.75, 3.05) is 39.1 Å². The Morgan fingerprint density at radius 3 is 2.51 bits per heavy atom. The summed E-state index contributed by atoms with van der Waals surface area (Å²) < 4.78 is 46.8. The number of amides is 1. The van der Waals surface area contributed by atoms with E-state index in [-0.39, 0.29) is 34.8 Å². The highest BCUT2D eigenvalue weighted by molar-refractivity contribution is 6.04. The highest BCUT2D eigenvalue weighted by Crippen LogP contribution is 2.36. The molecule has 0 bridgehead atoms. The number of likely N-dealkylation sites (tertiary alicyclic amines) is 1. The van der Waals surface area contributed by atoms with Gasteiger partial charge in [0.05, 0.1) is 17.1 Å². The summed E-state index contributed by atoms with van der Waals surface area (Å²) in [5, 5.41) is 13.9. The third kappa shape index (κ3) is 6.09. The number of benzene rings is 2. The summed E-state index contributed by atoms with van der Waals surface area (Å²) in [6.45, 7) is 1.89. The van der Waals surface area contributed by atoms with Crippen LogP contribution >= 0.6 is 0 Å². The van der Waals surface area contributed by atoms with Gasteiger partial charge >= 0.3 is 11.9 Å². The molecule has 35 heavy (non-hydrogen) atoms. The molecule has 0 aromatic heterocycles. The van der Waals surface area contributed by atoms with Crippen molar-refractivity contribution >= 4 is 17.3 Å². The van der Waals surface area contributed by atoms with Crippen LogP contribution in [0.5, 0.6) is 5.75 Å². The standard InChI is InChI=1S/C24H27F3N4O4/c1-29(2)19-12-30(13-19)11-17-5-7-18(10-20(17)24(25,26)27)28-23(32)16-6-8-22(21(9-16)31(33)34)35-14-15-3-4-15/h5-10,15,19H,3-4,11-14H2,1-2H3,(H,28,32). The summed E-state index contributed by atoms with van der Waals surface area (Å²) in [6, 6.07) is 7.76. The molecule has 1 saturated heterocycles. The minimum absolute atomic E-state index is 0.0439. The van der Waals surface area contributed by atoms with Crippen molar-refractivity contribution in [3.8, 4) is 5.75 Å². The minimum Gasteiger partial charge on any atom is -0.487 e. The zero-order valence-electron chi connectivity index (χ0n) is 19.5. The number of nitrogens with one attached hydrogen (secondary N) is 1. The smallest absolute Gasteiger partial charge is 0.416 e. The molecule has 2 aliphatic rings. The van der Waals surface area contributed by atoms with Crippen molar-refractivity contribution in [1.82, 2.24) is 9.80 Å². The molecular formula is C24H27F3N4O4. The van der Waals surface area contributed by atoms with Crippen molar-refractivity contribution in [1.29, 1.82) is 0 Å². The summed E-state index contributed by atoms with van der Waals surface area (Å²) in [5.74, 6) is -0.303. The van der Waals surface area contributed by atoms with Crippen molar-refractivity contribution < 1.29 is 27.6 Å². The first-order valence-corrected chi connectivity index (χ1v) is 11.3. The molecule has 4 rings (SSSR count). The highest BCUT2D eigenvalue weighted by Gasteiger charge is 2.36. The first-order valence-electron chi connectivity index (χ1n) is 11.3. The lowest BCUT2D eigenvalue weighted by Gasteiger charge is -2.43. The molecule has 0 spiro atoms. The van der Waals surface area contributed by atoms with Gasteiger partial charge in [-0.1, -0.05) is 6.07 Å². The summed E-state index contributed by atoms with van der Waals surface area (Å²) in [5.41, 5.74) is -1.16. The van der Waals surface area contributed by atoms with Gasteiger partial charge in [0.1, 0.15) is 0 Å². The topological polar surface area (TPSA) is 88.0 Å². The van der Waals surface area contributed by atoms with Crippen LogP contribution in [0.2, 0.25) is 0 Å². The fourth-order valence-corrected chi connectivity index (χ4v) is 3.91. The zero-order valence-corrected chi connectivity index (χ0v) is 19.5. The number of alkyl halides is 3. The van der Waals surface area contributed by atoms with Gasteiger partial charge in [0.2, 0.25) is 0 Å². The Labute approximate surface area is 200 Å². The SMILES string of the molecule is CN(C)C1CN(Cc2ccc(NC(=O)c3ccc(OCC4CC4)c([N+](=O)[O-])c3)cc2C(F)(F)F)C1. The number of carbonyl (C=O) groups excluding carboxylic acids is 1. The number of nitro benzene ring substituents is 1. The zero-order chi connectivity index (χ0) is 25.3. The normalized spacial score (nSPS) is 16.7. The van der Waals surface area contributed by atoms with Crippen molar-refractivity contribution in [3.63, 3.8) is 0 Å². The van der Waals surface area contributed by atoms with E-state index in [0.717, 1.165) is 25.0 Å². The number of rotatable bonds is 9. The van der Waals surface area contributed by atoms with Gasteiger partial charge in [-0.25, -0.2) is 0 Å². The highest BCUT2D eigenvalue weighted by atomic mass is 19.4. The number of carbonyl (C=O) groups is 1. The molecule has 2 aromatic carbocycles. The molecule has 1 saturated carbocycles. The van der Waals surface area contributed by atoms with E-state index in [2.05, 4.69) is 5.32 Å². The fraction of sp³-hybridized carbons (Fsp3) is 0.458. The van der Waals surface area contributed by atoms with Crippen molar-refractivity contribution in [3.05, 3.63) is 63.2 Å². The van der Waals surface area contributed by atoms with Crippen LogP contribution in [0, 0.1) is 16.0 Å². The average molecular weight is 492 g/mol. The van der Waals surface area contributed by atoms with E-state index in [4.69, 9.17) is 4.74 Å². The van der Waals surface area contributed by atoms with Crippen LogP contribution in [0.25, 0.3) is 0 Å². The van der Waals surface area contributed by atoms with Gasteiger partial charge in [0, 0.05) is 43.0 Å². The van der Waals surface area contributed by atoms with E-state index < -0.39 is 22.6 Å². The Morgan fingerprint density at radius 1 is 1.20 bits per heavy atom. The molecule has 1 N–H and O–H groups in total. The molecule has 1 aliphatic heterocycles. The second kappa shape index (κ2) is 9.82. The molecule has 0 radical (unpaired) electrons. The molecular weight excluding hydrogens is 465 g/mol. The maximum absolute atomic E-state index is 13.8. The maximum Gasteiger partial charge on any atom is 0.416 e. The Hall–Kier alpha value is -3.18. The van der Waals surface area contributed by atoms with E-state index in [1.54, 1.807) is 0 Å². The van der Waals surface area contributed by atoms with Gasteiger partial charge in [-0.3, -0.25) is 19.8 Å². The summed E-state index contributed by atoms with van der Waals surface area (Å²) >= 11 is 0. The van der Waals surface area contributed by atoms with Crippen LogP contribution in [0.3, 0.4) is 0 Å². The molecule has 1 amide bonds. The Morgan fingerprint density at radius 2 is 1.91 bits per heavy atom. The molecule has 0 unspecified atom stereocenters.